The molecule has 83 heavy (non-hydrogen) atoms. The second-order valence-corrected chi connectivity index (χ2v) is 39.4. The number of benzene rings is 5. The monoisotopic (exact) mass is 1520 g/mol. The molecule has 2 aliphatic rings. The van der Waals surface area contributed by atoms with Crippen molar-refractivity contribution in [3.05, 3.63) is 212 Å². The molecule has 16 heteroatoms. The van der Waals surface area contributed by atoms with E-state index in [1.165, 1.54) is 101 Å². The molecule has 0 aliphatic carbocycles. The molecule has 8 rings (SSSR count). The summed E-state index contributed by atoms with van der Waals surface area (Å²) in [5, 5.41) is 0. The minimum atomic E-state index is -1.82. The Kier molecular flexibility index (Phi) is 35.5. The summed E-state index contributed by atoms with van der Waals surface area (Å²) in [7, 11) is 34.9. The van der Waals surface area contributed by atoms with Crippen molar-refractivity contribution in [3.8, 4) is 0 Å². The molecule has 460 valence electrons. The molecule has 2 saturated heterocycles. The van der Waals surface area contributed by atoms with Gasteiger partial charge >= 0.3 is 232 Å². The molecule has 0 radical (unpaired) electrons. The van der Waals surface area contributed by atoms with E-state index in [1.54, 1.807) is 22.9 Å². The molecule has 2 aliphatic heterocycles. The van der Waals surface area contributed by atoms with E-state index in [9.17, 15) is 4.79 Å². The molecular formula is C67H87Cl6N5OPRu3-3. The standard InChI is InChI=1S/2C21H27N2.C8H9N.C8H6O.C5H8.C4H10P.6ClH.3Ru/c2*1-14-9-16(3)20(17(4)10-14)22-7-8-23(13-22)21-18(5)11-15(2)12-19(21)6;1-2-5-8-6-3-4-7-9-8;1-7-4-2-3-5-8(7)6-9;1-4-5(2)3;1-3-4-5-2;;;;;;;;;/h2*9-13H,7-8H2,1-6H3;1,3-4,6-7H,2,5H2;1-6H;1,4H,2-3H3;3,5H,4H2,1-2H3;6*1H;;;/q2*-1;;;;-1;;;;;;;3*+2/p-6. The number of aldehydes is 1. The number of anilines is 4. The van der Waals surface area contributed by atoms with Crippen molar-refractivity contribution >= 4 is 110 Å². The van der Waals surface area contributed by atoms with Crippen molar-refractivity contribution in [1.29, 1.82) is 0 Å². The van der Waals surface area contributed by atoms with E-state index < -0.39 is 40.6 Å². The number of carbonyl (C=O) groups is 1. The number of pyridine rings is 1. The van der Waals surface area contributed by atoms with Crippen LogP contribution in [0.1, 0.15) is 116 Å². The fraction of sp³-hybridized carbons (Fsp3) is 0.343. The molecule has 5 aromatic carbocycles. The number of aromatic nitrogens is 1. The number of nitrogens with zero attached hydrogens (tertiary/aromatic N) is 5. The van der Waals surface area contributed by atoms with Gasteiger partial charge in [0.05, 0.1) is 0 Å². The van der Waals surface area contributed by atoms with E-state index in [0.717, 1.165) is 65.1 Å². The van der Waals surface area contributed by atoms with Gasteiger partial charge in [-0.1, -0.05) is 70.8 Å². The predicted octanol–water partition coefficient (Wildman–Crippen LogP) is 19.5. The Morgan fingerprint density at radius 1 is 0.554 bits per heavy atom. The van der Waals surface area contributed by atoms with E-state index in [4.69, 9.17) is 58.1 Å². The summed E-state index contributed by atoms with van der Waals surface area (Å²) in [5.74, 6) is 0. The van der Waals surface area contributed by atoms with E-state index in [-0.39, 0.29) is 0 Å². The zero-order chi connectivity index (χ0) is 61.9. The molecule has 1 atom stereocenters. The molecule has 1 unspecified atom stereocenters. The zero-order valence-electron chi connectivity index (χ0n) is 51.3. The molecule has 1 aromatic heterocycles. The first-order valence-corrected chi connectivity index (χ1v) is 45.5. The Morgan fingerprint density at radius 3 is 1.17 bits per heavy atom. The van der Waals surface area contributed by atoms with Gasteiger partial charge in [-0.25, -0.2) is 0 Å². The number of hydrogen-bond acceptors (Lipinski definition) is 6. The van der Waals surface area contributed by atoms with Gasteiger partial charge in [0, 0.05) is 48.9 Å². The normalized spacial score (nSPS) is 12.9. The molecular weight excluding hydrogens is 1440 g/mol. The summed E-state index contributed by atoms with van der Waals surface area (Å²) in [6.07, 6.45) is 9.91. The average molecular weight is 1530 g/mol. The van der Waals surface area contributed by atoms with Crippen LogP contribution in [0.2, 0.25) is 0 Å². The van der Waals surface area contributed by atoms with Gasteiger partial charge in [-0.15, -0.1) is 0 Å². The molecule has 0 amide bonds. The summed E-state index contributed by atoms with van der Waals surface area (Å²) in [6.45, 7) is 43.5. The summed E-state index contributed by atoms with van der Waals surface area (Å²) < 4.78 is 5.64. The minimum absolute atomic E-state index is 0.637. The number of carbonyl (C=O) groups excluding carboxylic acids is 1. The molecule has 0 spiro atoms. The van der Waals surface area contributed by atoms with E-state index >= 15 is 0 Å². The Morgan fingerprint density at radius 2 is 0.916 bits per heavy atom. The maximum absolute atomic E-state index is 10.5. The Labute approximate surface area is 542 Å². The van der Waals surface area contributed by atoms with Gasteiger partial charge in [0.2, 0.25) is 0 Å². The number of halogens is 6. The van der Waals surface area contributed by atoms with Crippen LogP contribution in [0, 0.1) is 103 Å². The SMILES string of the molecule is CC(C)=C[CH]=[Ru]([Cl])[Cl].C[CH-]CPC.Cc1cc(C)c(N2[CH-]N(c3c(C)cc(C)cc3C)CC2)c(C)c1.Cc1cc(C)c(N2[CH-]N(c3c(C)cc(C)cc3C)CC2)c(C)c1.O=Cc1ccccc1[CH]=[Ru]([Cl])[Cl].[Cl][Ru]([Cl])=[CH]CCc1ccccn1. The van der Waals surface area contributed by atoms with Crippen molar-refractivity contribution in [2.75, 3.05) is 58.6 Å². The maximum atomic E-state index is 10.5. The van der Waals surface area contributed by atoms with Gasteiger partial charge < -0.3 is 26.0 Å². The van der Waals surface area contributed by atoms with E-state index in [1.807, 2.05) is 59.5 Å². The van der Waals surface area contributed by atoms with Gasteiger partial charge in [-0.05, 0) is 134 Å². The van der Waals surface area contributed by atoms with Crippen molar-refractivity contribution in [1.82, 2.24) is 4.98 Å². The first-order chi connectivity index (χ1) is 39.3. The molecule has 0 N–H and O–H groups in total. The Bertz CT molecular complexity index is 2790. The Hall–Kier alpha value is -2.49. The quantitative estimate of drug-likeness (QED) is 0.0526. The van der Waals surface area contributed by atoms with Crippen LogP contribution in [-0.2, 0) is 47.0 Å². The second-order valence-electron chi connectivity index (χ2n) is 20.8. The topological polar surface area (TPSA) is 42.9 Å². The van der Waals surface area contributed by atoms with Crippen molar-refractivity contribution < 1.29 is 45.3 Å². The molecule has 0 saturated carbocycles. The third kappa shape index (κ3) is 26.8. The van der Waals surface area contributed by atoms with Gasteiger partial charge in [0.1, 0.15) is 0 Å². The predicted molar refractivity (Wildman–Crippen MR) is 366 cm³/mol. The van der Waals surface area contributed by atoms with E-state index in [2.05, 4.69) is 190 Å². The molecule has 3 heterocycles. The molecule has 0 bridgehead atoms. The summed E-state index contributed by atoms with van der Waals surface area (Å²) in [4.78, 5) is 24.3. The van der Waals surface area contributed by atoms with Gasteiger partial charge in [0.15, 0.2) is 0 Å². The molecule has 2 fully saturated rings. The van der Waals surface area contributed by atoms with Crippen LogP contribution in [0.15, 0.2) is 109 Å². The summed E-state index contributed by atoms with van der Waals surface area (Å²) >= 11 is -4.89. The second kappa shape index (κ2) is 39.4. The molecule has 6 nitrogen and oxygen atoms in total. The zero-order valence-corrected chi connectivity index (χ0v) is 62.0. The van der Waals surface area contributed by atoms with E-state index in [0.29, 0.717) is 5.56 Å². The summed E-state index contributed by atoms with van der Waals surface area (Å²) in [5.41, 5.74) is 25.5. The summed E-state index contributed by atoms with van der Waals surface area (Å²) in [6, 6.07) is 31.4. The van der Waals surface area contributed by atoms with Gasteiger partial charge in [0.25, 0.3) is 0 Å². The van der Waals surface area contributed by atoms with Crippen molar-refractivity contribution in [2.45, 2.75) is 117 Å². The third-order valence-corrected chi connectivity index (χ3v) is 19.7. The average Bonchev–Trinajstić information content (AvgIpc) is 3.73. The van der Waals surface area contributed by atoms with Gasteiger partial charge in [-0.3, -0.25) is 0 Å². The van der Waals surface area contributed by atoms with Gasteiger partial charge in [-0.2, -0.15) is 35.0 Å². The third-order valence-electron chi connectivity index (χ3n) is 12.9. The first-order valence-electron chi connectivity index (χ1n) is 27.4. The fourth-order valence-corrected chi connectivity index (χ4v) is 15.3. The molecule has 6 aromatic rings. The van der Waals surface area contributed by atoms with Crippen LogP contribution in [0.3, 0.4) is 0 Å². The fourth-order valence-electron chi connectivity index (χ4n) is 10.2. The van der Waals surface area contributed by atoms with Crippen LogP contribution in [-0.4, -0.2) is 64.1 Å². The Balaban J connectivity index is 0.000000280. The number of hydrogen-bond donors (Lipinski definition) is 0. The van der Waals surface area contributed by atoms with Crippen molar-refractivity contribution in [3.63, 3.8) is 0 Å². The number of aryl methyl sites for hydroxylation is 13. The number of allylic oxidation sites excluding steroid dienone is 2. The van der Waals surface area contributed by atoms with Crippen molar-refractivity contribution in [2.24, 2.45) is 0 Å². The van der Waals surface area contributed by atoms with Crippen LogP contribution in [0.5, 0.6) is 0 Å². The van der Waals surface area contributed by atoms with Crippen LogP contribution in [0.4, 0.5) is 22.7 Å². The first kappa shape index (κ1) is 74.8. The number of rotatable bonds is 12. The van der Waals surface area contributed by atoms with Crippen LogP contribution in [0.25, 0.3) is 0 Å². The van der Waals surface area contributed by atoms with Crippen LogP contribution < -0.4 is 19.6 Å². The van der Waals surface area contributed by atoms with Crippen LogP contribution >= 0.6 is 66.7 Å².